The topological polar surface area (TPSA) is 71.5 Å². The first-order valence-corrected chi connectivity index (χ1v) is 7.06. The predicted molar refractivity (Wildman–Crippen MR) is 84.0 cm³/mol. The molecule has 1 aliphatic heterocycles. The Morgan fingerprint density at radius 3 is 1.57 bits per heavy atom. The Hall–Kier alpha value is -3.08. The Bertz CT molecular complexity index is 815. The number of Topliss-reactive ketones (excluding diaryl/α,β-unsaturated/α-hetero) is 2. The van der Waals surface area contributed by atoms with E-state index >= 15 is 0 Å². The summed E-state index contributed by atoms with van der Waals surface area (Å²) in [6, 6.07) is 11.0. The summed E-state index contributed by atoms with van der Waals surface area (Å²) in [7, 11) is 0. The number of hydrogen-bond donors (Lipinski definition) is 0. The van der Waals surface area contributed by atoms with Crippen LogP contribution in [0, 0.1) is 0 Å². The van der Waals surface area contributed by atoms with Gasteiger partial charge in [-0.15, -0.1) is 0 Å². The molecule has 114 valence electrons. The van der Waals surface area contributed by atoms with Gasteiger partial charge in [0.1, 0.15) is 0 Å². The molecule has 2 aromatic carbocycles. The molecular formula is C18H13NO4. The zero-order valence-corrected chi connectivity index (χ0v) is 12.6. The van der Waals surface area contributed by atoms with Crippen LogP contribution < -0.4 is 4.90 Å². The van der Waals surface area contributed by atoms with E-state index in [0.29, 0.717) is 0 Å². The lowest BCUT2D eigenvalue weighted by molar-refractivity contribution is 0.0926. The number of fused-ring (bicyclic) bond motifs is 1. The van der Waals surface area contributed by atoms with Crippen molar-refractivity contribution in [2.24, 2.45) is 0 Å². The summed E-state index contributed by atoms with van der Waals surface area (Å²) >= 11 is 0. The third kappa shape index (κ3) is 2.17. The number of para-hydroxylation sites is 1. The van der Waals surface area contributed by atoms with Gasteiger partial charge in [-0.25, -0.2) is 4.90 Å². The van der Waals surface area contributed by atoms with Gasteiger partial charge in [-0.1, -0.05) is 18.2 Å². The monoisotopic (exact) mass is 307 g/mol. The third-order valence-electron chi connectivity index (χ3n) is 3.81. The Labute approximate surface area is 132 Å². The Kier molecular flexibility index (Phi) is 3.41. The molecule has 1 aliphatic rings. The molecule has 3 rings (SSSR count). The molecule has 0 saturated carbocycles. The highest BCUT2D eigenvalue weighted by molar-refractivity contribution is 6.36. The highest BCUT2D eigenvalue weighted by Crippen LogP contribution is 2.34. The van der Waals surface area contributed by atoms with Crippen LogP contribution in [0.4, 0.5) is 5.69 Å². The zero-order chi connectivity index (χ0) is 16.7. The van der Waals surface area contributed by atoms with E-state index < -0.39 is 11.8 Å². The van der Waals surface area contributed by atoms with Crippen molar-refractivity contribution in [2.45, 2.75) is 13.8 Å². The molecule has 0 radical (unpaired) electrons. The molecule has 0 fully saturated rings. The molecule has 23 heavy (non-hydrogen) atoms. The van der Waals surface area contributed by atoms with E-state index in [9.17, 15) is 19.2 Å². The van der Waals surface area contributed by atoms with Gasteiger partial charge in [0.25, 0.3) is 11.8 Å². The Morgan fingerprint density at radius 2 is 1.17 bits per heavy atom. The number of carbonyl (C=O) groups is 4. The van der Waals surface area contributed by atoms with Gasteiger partial charge in [-0.05, 0) is 38.1 Å². The van der Waals surface area contributed by atoms with E-state index in [-0.39, 0.29) is 39.5 Å². The number of nitrogens with zero attached hydrogens (tertiary/aromatic N) is 1. The number of amides is 2. The van der Waals surface area contributed by atoms with E-state index in [1.54, 1.807) is 30.3 Å². The van der Waals surface area contributed by atoms with Crippen molar-refractivity contribution >= 4 is 29.1 Å². The number of imide groups is 1. The van der Waals surface area contributed by atoms with E-state index in [2.05, 4.69) is 0 Å². The van der Waals surface area contributed by atoms with Crippen LogP contribution in [0.25, 0.3) is 0 Å². The van der Waals surface area contributed by atoms with Gasteiger partial charge in [0, 0.05) is 11.1 Å². The predicted octanol–water partition coefficient (Wildman–Crippen LogP) is 2.89. The second kappa shape index (κ2) is 5.28. The minimum Gasteiger partial charge on any atom is -0.294 e. The summed E-state index contributed by atoms with van der Waals surface area (Å²) in [6.07, 6.45) is 0. The first-order valence-electron chi connectivity index (χ1n) is 7.06. The van der Waals surface area contributed by atoms with Gasteiger partial charge in [-0.3, -0.25) is 19.2 Å². The van der Waals surface area contributed by atoms with Crippen molar-refractivity contribution < 1.29 is 19.2 Å². The highest BCUT2D eigenvalue weighted by atomic mass is 16.2. The van der Waals surface area contributed by atoms with Crippen molar-refractivity contribution in [2.75, 3.05) is 4.90 Å². The van der Waals surface area contributed by atoms with Crippen molar-refractivity contribution in [1.82, 2.24) is 0 Å². The lowest BCUT2D eigenvalue weighted by Gasteiger charge is -2.20. The minimum absolute atomic E-state index is 0.0682. The van der Waals surface area contributed by atoms with Gasteiger partial charge >= 0.3 is 0 Å². The van der Waals surface area contributed by atoms with Gasteiger partial charge in [0.05, 0.1) is 16.8 Å². The van der Waals surface area contributed by atoms with Crippen LogP contribution in [-0.4, -0.2) is 23.4 Å². The van der Waals surface area contributed by atoms with Crippen LogP contribution in [-0.2, 0) is 0 Å². The summed E-state index contributed by atoms with van der Waals surface area (Å²) in [5.74, 6) is -1.69. The van der Waals surface area contributed by atoms with Crippen molar-refractivity contribution in [3.63, 3.8) is 0 Å². The van der Waals surface area contributed by atoms with Gasteiger partial charge < -0.3 is 0 Å². The standard InChI is InChI=1S/C18H13NO4/c1-10(20)12-8-5-9-13(11(2)21)16(12)19-17(22)14-6-3-4-7-15(14)18(19)23/h3-9H,1-2H3. The number of ketones is 2. The van der Waals surface area contributed by atoms with Gasteiger partial charge in [-0.2, -0.15) is 0 Å². The van der Waals surface area contributed by atoms with Crippen molar-refractivity contribution in [3.8, 4) is 0 Å². The lowest BCUT2D eigenvalue weighted by atomic mass is 10.0. The molecule has 0 N–H and O–H groups in total. The first kappa shape index (κ1) is 14.8. The second-order valence-electron chi connectivity index (χ2n) is 5.31. The highest BCUT2D eigenvalue weighted by Gasteiger charge is 2.39. The van der Waals surface area contributed by atoms with Crippen LogP contribution in [0.1, 0.15) is 55.3 Å². The fourth-order valence-corrected chi connectivity index (χ4v) is 2.74. The number of carbonyl (C=O) groups excluding carboxylic acids is 4. The van der Waals surface area contributed by atoms with E-state index in [1.807, 2.05) is 0 Å². The molecule has 5 nitrogen and oxygen atoms in total. The van der Waals surface area contributed by atoms with Crippen LogP contribution in [0.2, 0.25) is 0 Å². The molecule has 0 bridgehead atoms. The molecule has 1 heterocycles. The molecule has 0 aliphatic carbocycles. The van der Waals surface area contributed by atoms with Crippen molar-refractivity contribution in [1.29, 1.82) is 0 Å². The van der Waals surface area contributed by atoms with Gasteiger partial charge in [0.15, 0.2) is 11.6 Å². The van der Waals surface area contributed by atoms with E-state index in [1.165, 1.54) is 26.0 Å². The molecule has 2 amide bonds. The molecule has 0 atom stereocenters. The summed E-state index contributed by atoms with van der Waals surface area (Å²) in [6.45, 7) is 2.67. The SMILES string of the molecule is CC(=O)c1cccc(C(C)=O)c1N1C(=O)c2ccccc2C1=O. The van der Waals surface area contributed by atoms with Crippen LogP contribution >= 0.6 is 0 Å². The summed E-state index contributed by atoms with van der Waals surface area (Å²) < 4.78 is 0. The average molecular weight is 307 g/mol. The largest absolute Gasteiger partial charge is 0.294 e. The normalized spacial score (nSPS) is 13.2. The van der Waals surface area contributed by atoms with Crippen molar-refractivity contribution in [3.05, 3.63) is 64.7 Å². The molecular weight excluding hydrogens is 294 g/mol. The Morgan fingerprint density at radius 1 is 0.739 bits per heavy atom. The third-order valence-corrected chi connectivity index (χ3v) is 3.81. The molecule has 0 saturated heterocycles. The van der Waals surface area contributed by atoms with Gasteiger partial charge in [0.2, 0.25) is 0 Å². The average Bonchev–Trinajstić information content (AvgIpc) is 2.78. The first-order chi connectivity index (χ1) is 10.9. The Balaban J connectivity index is 2.28. The number of benzene rings is 2. The van der Waals surface area contributed by atoms with E-state index in [4.69, 9.17) is 0 Å². The van der Waals surface area contributed by atoms with Crippen LogP contribution in [0.5, 0.6) is 0 Å². The number of rotatable bonds is 3. The maximum atomic E-state index is 12.6. The quantitative estimate of drug-likeness (QED) is 0.645. The molecule has 2 aromatic rings. The van der Waals surface area contributed by atoms with E-state index in [0.717, 1.165) is 4.90 Å². The molecule has 0 unspecified atom stereocenters. The number of anilines is 1. The van der Waals surface area contributed by atoms with Crippen LogP contribution in [0.3, 0.4) is 0 Å². The maximum absolute atomic E-state index is 12.6. The molecule has 0 aromatic heterocycles. The lowest BCUT2D eigenvalue weighted by Crippen LogP contribution is -2.32. The fraction of sp³-hybridized carbons (Fsp3) is 0.111. The molecule has 0 spiro atoms. The smallest absolute Gasteiger partial charge is 0.266 e. The maximum Gasteiger partial charge on any atom is 0.266 e. The summed E-state index contributed by atoms with van der Waals surface area (Å²) in [5, 5.41) is 0. The second-order valence-corrected chi connectivity index (χ2v) is 5.31. The summed E-state index contributed by atoms with van der Waals surface area (Å²) in [4.78, 5) is 50.1. The summed E-state index contributed by atoms with van der Waals surface area (Å²) in [5.41, 5.74) is 0.953. The molecule has 5 heteroatoms. The minimum atomic E-state index is -0.526. The fourth-order valence-electron chi connectivity index (χ4n) is 2.74. The number of hydrogen-bond acceptors (Lipinski definition) is 4. The zero-order valence-electron chi connectivity index (χ0n) is 12.6. The van der Waals surface area contributed by atoms with Crippen LogP contribution in [0.15, 0.2) is 42.5 Å².